The number of amides is 3. The molecule has 14 heavy (non-hydrogen) atoms. The van der Waals surface area contributed by atoms with E-state index in [4.69, 9.17) is 4.74 Å². The van der Waals surface area contributed by atoms with Crippen molar-refractivity contribution < 1.29 is 14.3 Å². The first-order valence-electron chi connectivity index (χ1n) is 4.67. The van der Waals surface area contributed by atoms with Gasteiger partial charge in [0.25, 0.3) is 0 Å². The predicted molar refractivity (Wildman–Crippen MR) is 50.7 cm³/mol. The third kappa shape index (κ3) is 2.45. The number of hydrogen-bond acceptors (Lipinski definition) is 3. The van der Waals surface area contributed by atoms with E-state index in [1.54, 1.807) is 18.9 Å². The Balaban J connectivity index is 2.53. The van der Waals surface area contributed by atoms with Gasteiger partial charge in [0.1, 0.15) is 0 Å². The average molecular weight is 200 g/mol. The second-order valence-electron chi connectivity index (χ2n) is 3.65. The molecule has 80 valence electrons. The van der Waals surface area contributed by atoms with Crippen LogP contribution in [0.5, 0.6) is 0 Å². The molecule has 1 saturated heterocycles. The fourth-order valence-electron chi connectivity index (χ4n) is 1.35. The molecule has 1 N–H and O–H groups in total. The lowest BCUT2D eigenvalue weighted by atomic mass is 10.1. The maximum Gasteiger partial charge on any atom is 0.324 e. The molecule has 0 aromatic rings. The van der Waals surface area contributed by atoms with Crippen molar-refractivity contribution in [3.05, 3.63) is 0 Å². The summed E-state index contributed by atoms with van der Waals surface area (Å²) in [5.74, 6) is -0.340. The molecule has 0 aliphatic carbocycles. The van der Waals surface area contributed by atoms with Crippen LogP contribution in [0.1, 0.15) is 13.8 Å². The average Bonchev–Trinajstić information content (AvgIpc) is 2.14. The molecule has 0 radical (unpaired) electrons. The number of carbonyl (C=O) groups excluding carboxylic acids is 2. The molecular formula is C9H16N2O3. The second-order valence-corrected chi connectivity index (χ2v) is 3.65. The van der Waals surface area contributed by atoms with Crippen LogP contribution in [0.3, 0.4) is 0 Å². The Labute approximate surface area is 83.4 Å². The van der Waals surface area contributed by atoms with Crippen molar-refractivity contribution in [2.75, 3.05) is 20.2 Å². The summed E-state index contributed by atoms with van der Waals surface area (Å²) in [7, 11) is 1.60. The zero-order valence-electron chi connectivity index (χ0n) is 8.74. The van der Waals surface area contributed by atoms with Crippen LogP contribution in [-0.4, -0.2) is 43.1 Å². The molecule has 3 amide bonds. The summed E-state index contributed by atoms with van der Waals surface area (Å²) in [5, 5.41) is 2.30. The van der Waals surface area contributed by atoms with E-state index in [0.717, 1.165) is 0 Å². The van der Waals surface area contributed by atoms with Crippen LogP contribution in [0.4, 0.5) is 4.79 Å². The van der Waals surface area contributed by atoms with E-state index in [0.29, 0.717) is 13.1 Å². The molecule has 2 unspecified atom stereocenters. The van der Waals surface area contributed by atoms with E-state index in [9.17, 15) is 9.59 Å². The maximum absolute atomic E-state index is 11.3. The molecule has 0 aromatic heterocycles. The van der Waals surface area contributed by atoms with Gasteiger partial charge in [-0.25, -0.2) is 4.79 Å². The number of nitrogens with one attached hydrogen (secondary N) is 1. The Bertz CT molecular complexity index is 242. The first kappa shape index (κ1) is 11.0. The fraction of sp³-hybridized carbons (Fsp3) is 0.778. The zero-order chi connectivity index (χ0) is 10.7. The molecule has 1 aliphatic heterocycles. The summed E-state index contributed by atoms with van der Waals surface area (Å²) in [5.41, 5.74) is 0. The lowest BCUT2D eigenvalue weighted by molar-refractivity contribution is -0.125. The number of ether oxygens (including phenoxy) is 1. The van der Waals surface area contributed by atoms with Crippen molar-refractivity contribution >= 4 is 11.9 Å². The molecule has 1 heterocycles. The Hall–Kier alpha value is -1.10. The molecule has 0 saturated carbocycles. The molecule has 5 nitrogen and oxygen atoms in total. The molecule has 1 aliphatic rings. The topological polar surface area (TPSA) is 58.6 Å². The Morgan fingerprint density at radius 2 is 2.29 bits per heavy atom. The Morgan fingerprint density at radius 3 is 2.86 bits per heavy atom. The number of nitrogens with zero attached hydrogens (tertiary/aromatic N) is 1. The number of methoxy groups -OCH3 is 1. The van der Waals surface area contributed by atoms with Gasteiger partial charge in [-0.1, -0.05) is 6.92 Å². The summed E-state index contributed by atoms with van der Waals surface area (Å²) in [6, 6.07) is -0.322. The van der Waals surface area contributed by atoms with Gasteiger partial charge < -0.3 is 9.64 Å². The molecule has 2 atom stereocenters. The summed E-state index contributed by atoms with van der Waals surface area (Å²) in [6.45, 7) is 4.67. The summed E-state index contributed by atoms with van der Waals surface area (Å²) in [4.78, 5) is 24.1. The van der Waals surface area contributed by atoms with Crippen molar-refractivity contribution in [2.45, 2.75) is 20.0 Å². The number of carbonyl (C=O) groups is 2. The van der Waals surface area contributed by atoms with Crippen LogP contribution in [0, 0.1) is 5.92 Å². The van der Waals surface area contributed by atoms with E-state index in [1.165, 1.54) is 0 Å². The molecule has 1 fully saturated rings. The lowest BCUT2D eigenvalue weighted by Crippen LogP contribution is -2.55. The van der Waals surface area contributed by atoms with E-state index in [2.05, 4.69) is 5.32 Å². The first-order valence-corrected chi connectivity index (χ1v) is 4.67. The van der Waals surface area contributed by atoms with Gasteiger partial charge in [-0.05, 0) is 6.92 Å². The van der Waals surface area contributed by atoms with Crippen molar-refractivity contribution in [3.63, 3.8) is 0 Å². The Morgan fingerprint density at radius 1 is 1.64 bits per heavy atom. The fourth-order valence-corrected chi connectivity index (χ4v) is 1.35. The van der Waals surface area contributed by atoms with Crippen molar-refractivity contribution in [1.29, 1.82) is 0 Å². The van der Waals surface area contributed by atoms with Gasteiger partial charge in [0, 0.05) is 20.2 Å². The van der Waals surface area contributed by atoms with Crippen LogP contribution in [-0.2, 0) is 9.53 Å². The van der Waals surface area contributed by atoms with Crippen LogP contribution >= 0.6 is 0 Å². The quantitative estimate of drug-likeness (QED) is 0.708. The largest absolute Gasteiger partial charge is 0.380 e. The van der Waals surface area contributed by atoms with Gasteiger partial charge in [-0.3, -0.25) is 10.1 Å². The number of rotatable bonds is 3. The van der Waals surface area contributed by atoms with Crippen LogP contribution in [0.2, 0.25) is 0 Å². The molecular weight excluding hydrogens is 184 g/mol. The third-order valence-corrected chi connectivity index (χ3v) is 2.34. The van der Waals surface area contributed by atoms with Crippen LogP contribution < -0.4 is 5.32 Å². The minimum Gasteiger partial charge on any atom is -0.380 e. The highest BCUT2D eigenvalue weighted by Gasteiger charge is 2.29. The molecule has 0 bridgehead atoms. The predicted octanol–water partition coefficient (Wildman–Crippen LogP) is 0.209. The monoisotopic (exact) mass is 200 g/mol. The minimum atomic E-state index is -0.322. The smallest absolute Gasteiger partial charge is 0.324 e. The number of hydrogen-bond donors (Lipinski definition) is 1. The molecule has 5 heteroatoms. The number of urea groups is 1. The van der Waals surface area contributed by atoms with Crippen molar-refractivity contribution in [2.24, 2.45) is 5.92 Å². The minimum absolute atomic E-state index is 0.0128. The highest BCUT2D eigenvalue weighted by Crippen LogP contribution is 2.08. The highest BCUT2D eigenvalue weighted by atomic mass is 16.5. The van der Waals surface area contributed by atoms with Gasteiger partial charge in [0.2, 0.25) is 5.91 Å². The van der Waals surface area contributed by atoms with E-state index in [-0.39, 0.29) is 24.0 Å². The summed E-state index contributed by atoms with van der Waals surface area (Å²) in [6.07, 6.45) is -0.0128. The normalized spacial score (nSPS) is 24.8. The van der Waals surface area contributed by atoms with E-state index in [1.807, 2.05) is 6.92 Å². The first-order chi connectivity index (χ1) is 6.54. The lowest BCUT2D eigenvalue weighted by Gasteiger charge is -2.31. The zero-order valence-corrected chi connectivity index (χ0v) is 8.74. The maximum atomic E-state index is 11.3. The second kappa shape index (κ2) is 4.41. The molecule has 0 spiro atoms. The van der Waals surface area contributed by atoms with Crippen LogP contribution in [0.25, 0.3) is 0 Å². The molecule has 1 rings (SSSR count). The van der Waals surface area contributed by atoms with E-state index < -0.39 is 0 Å². The standard InChI is InChI=1S/C9H16N2O3/c1-6-4-11(5-7(2)14-3)9(13)10-8(6)12/h6-7H,4-5H2,1-3H3,(H,10,12,13). The van der Waals surface area contributed by atoms with Crippen molar-refractivity contribution in [3.8, 4) is 0 Å². The van der Waals surface area contributed by atoms with Crippen molar-refractivity contribution in [1.82, 2.24) is 10.2 Å². The highest BCUT2D eigenvalue weighted by molar-refractivity contribution is 5.97. The Kier molecular flexibility index (Phi) is 3.46. The van der Waals surface area contributed by atoms with Gasteiger partial charge in [0.15, 0.2) is 0 Å². The molecule has 0 aromatic carbocycles. The number of imide groups is 1. The van der Waals surface area contributed by atoms with Gasteiger partial charge in [-0.15, -0.1) is 0 Å². The van der Waals surface area contributed by atoms with E-state index >= 15 is 0 Å². The van der Waals surface area contributed by atoms with Gasteiger partial charge >= 0.3 is 6.03 Å². The SMILES string of the molecule is COC(C)CN1CC(C)C(=O)NC1=O. The van der Waals surface area contributed by atoms with Crippen LogP contribution in [0.15, 0.2) is 0 Å². The van der Waals surface area contributed by atoms with Gasteiger partial charge in [0.05, 0.1) is 12.0 Å². The summed E-state index contributed by atoms with van der Waals surface area (Å²) < 4.78 is 5.06. The van der Waals surface area contributed by atoms with Gasteiger partial charge in [-0.2, -0.15) is 0 Å². The third-order valence-electron chi connectivity index (χ3n) is 2.34. The summed E-state index contributed by atoms with van der Waals surface area (Å²) >= 11 is 0.